The van der Waals surface area contributed by atoms with Gasteiger partial charge in [0.05, 0.1) is 29.3 Å². The monoisotopic (exact) mass is 561 g/mol. The van der Waals surface area contributed by atoms with Gasteiger partial charge < -0.3 is 14.7 Å². The van der Waals surface area contributed by atoms with Crippen LogP contribution in [0.25, 0.3) is 0 Å². The SMILES string of the molecule is C[C@@H](O[C@H]1CC[C@H](CN2CCC(C(=O)O)CC2)[C@@H]1c1ccc(F)cc1)c1cc(C(F)(F)F)cc(C(F)(F)F)c1. The largest absolute Gasteiger partial charge is 0.481 e. The number of ether oxygens (including phenoxy) is 1. The van der Waals surface area contributed by atoms with Crippen molar-refractivity contribution < 1.29 is 45.4 Å². The number of piperidine rings is 1. The summed E-state index contributed by atoms with van der Waals surface area (Å²) in [6, 6.07) is 7.34. The van der Waals surface area contributed by atoms with Crippen molar-refractivity contribution in [1.82, 2.24) is 4.90 Å². The van der Waals surface area contributed by atoms with Gasteiger partial charge >= 0.3 is 18.3 Å². The van der Waals surface area contributed by atoms with Gasteiger partial charge in [-0.15, -0.1) is 0 Å². The lowest BCUT2D eigenvalue weighted by molar-refractivity contribution is -0.144. The molecule has 2 aliphatic rings. The molecule has 1 saturated heterocycles. The first-order chi connectivity index (χ1) is 18.2. The van der Waals surface area contributed by atoms with Crippen molar-refractivity contribution in [3.63, 3.8) is 0 Å². The highest BCUT2D eigenvalue weighted by Crippen LogP contribution is 2.45. The predicted molar refractivity (Wildman–Crippen MR) is 128 cm³/mol. The van der Waals surface area contributed by atoms with Gasteiger partial charge in [-0.3, -0.25) is 4.79 Å². The quantitative estimate of drug-likeness (QED) is 0.361. The average molecular weight is 562 g/mol. The van der Waals surface area contributed by atoms with Gasteiger partial charge in [-0.25, -0.2) is 4.39 Å². The number of alkyl halides is 6. The van der Waals surface area contributed by atoms with Crippen molar-refractivity contribution >= 4 is 5.97 Å². The molecule has 4 nitrogen and oxygen atoms in total. The molecule has 2 aromatic rings. The Balaban J connectivity index is 1.56. The van der Waals surface area contributed by atoms with Gasteiger partial charge in [0.15, 0.2) is 0 Å². The van der Waals surface area contributed by atoms with Gasteiger partial charge in [0.2, 0.25) is 0 Å². The molecule has 0 unspecified atom stereocenters. The summed E-state index contributed by atoms with van der Waals surface area (Å²) in [6.45, 7) is 3.28. The van der Waals surface area contributed by atoms with Crippen molar-refractivity contribution in [1.29, 1.82) is 0 Å². The zero-order chi connectivity index (χ0) is 28.5. The third-order valence-corrected chi connectivity index (χ3v) is 7.87. The second-order valence-corrected chi connectivity index (χ2v) is 10.5. The topological polar surface area (TPSA) is 49.8 Å². The smallest absolute Gasteiger partial charge is 0.416 e. The first kappa shape index (κ1) is 29.3. The zero-order valence-corrected chi connectivity index (χ0v) is 21.2. The Hall–Kier alpha value is -2.66. The molecule has 1 heterocycles. The minimum absolute atomic E-state index is 0.0290. The molecule has 2 aromatic carbocycles. The maximum Gasteiger partial charge on any atom is 0.416 e. The second-order valence-electron chi connectivity index (χ2n) is 10.5. The Morgan fingerprint density at radius 1 is 0.949 bits per heavy atom. The van der Waals surface area contributed by atoms with Crippen LogP contribution in [-0.2, 0) is 21.9 Å². The minimum atomic E-state index is -4.96. The average Bonchev–Trinajstić information content (AvgIpc) is 3.25. The predicted octanol–water partition coefficient (Wildman–Crippen LogP) is 7.30. The maximum absolute atomic E-state index is 13.7. The standard InChI is InChI=1S/C28H30F7NO3/c1-16(20-12-21(27(30,31)32)14-22(13-20)28(33,34)35)39-24-7-4-19(25(24)17-2-5-23(29)6-3-17)15-36-10-8-18(9-11-36)26(37)38/h2-3,5-6,12-14,16,18-19,24-25H,4,7-11,15H2,1H3,(H,37,38)/t16-,19-,24+,25+/m1/s1. The van der Waals surface area contributed by atoms with Gasteiger partial charge in [0.1, 0.15) is 5.82 Å². The van der Waals surface area contributed by atoms with E-state index >= 15 is 0 Å². The summed E-state index contributed by atoms with van der Waals surface area (Å²) in [5, 5.41) is 9.27. The number of carboxylic acid groups (broad SMARTS) is 1. The zero-order valence-electron chi connectivity index (χ0n) is 21.2. The van der Waals surface area contributed by atoms with E-state index in [-0.39, 0.29) is 29.4 Å². The van der Waals surface area contributed by atoms with Crippen molar-refractivity contribution in [3.8, 4) is 0 Å². The minimum Gasteiger partial charge on any atom is -0.481 e. The van der Waals surface area contributed by atoms with Crippen molar-refractivity contribution in [3.05, 3.63) is 70.5 Å². The number of hydrogen-bond donors (Lipinski definition) is 1. The summed E-state index contributed by atoms with van der Waals surface area (Å²) in [5.74, 6) is -1.87. The van der Waals surface area contributed by atoms with E-state index in [0.717, 1.165) is 5.56 Å². The van der Waals surface area contributed by atoms with E-state index in [1.165, 1.54) is 19.1 Å². The van der Waals surface area contributed by atoms with E-state index in [0.29, 0.717) is 57.5 Å². The summed E-state index contributed by atoms with van der Waals surface area (Å²) in [6.07, 6.45) is -9.24. The molecule has 39 heavy (non-hydrogen) atoms. The third-order valence-electron chi connectivity index (χ3n) is 7.87. The lowest BCUT2D eigenvalue weighted by Gasteiger charge is -2.35. The van der Waals surface area contributed by atoms with E-state index in [1.807, 2.05) is 0 Å². The molecule has 0 amide bonds. The molecule has 1 N–H and O–H groups in total. The van der Waals surface area contributed by atoms with E-state index < -0.39 is 47.5 Å². The number of likely N-dealkylation sites (tertiary alicyclic amines) is 1. The molecule has 0 radical (unpaired) electrons. The number of aliphatic carboxylic acids is 1. The van der Waals surface area contributed by atoms with E-state index in [1.54, 1.807) is 12.1 Å². The molecular weight excluding hydrogens is 531 g/mol. The van der Waals surface area contributed by atoms with Crippen LogP contribution in [0.4, 0.5) is 30.7 Å². The van der Waals surface area contributed by atoms with Crippen LogP contribution in [-0.4, -0.2) is 41.7 Å². The van der Waals surface area contributed by atoms with Gasteiger partial charge in [0, 0.05) is 12.5 Å². The van der Waals surface area contributed by atoms with Crippen LogP contribution in [0, 0.1) is 17.7 Å². The number of carbonyl (C=O) groups is 1. The fraction of sp³-hybridized carbons (Fsp3) is 0.536. The molecule has 1 aliphatic heterocycles. The van der Waals surface area contributed by atoms with Gasteiger partial charge in [-0.2, -0.15) is 26.3 Å². The summed E-state index contributed by atoms with van der Waals surface area (Å²) < 4.78 is 100. The van der Waals surface area contributed by atoms with Crippen LogP contribution in [0.3, 0.4) is 0 Å². The molecule has 2 fully saturated rings. The van der Waals surface area contributed by atoms with Crippen LogP contribution in [0.5, 0.6) is 0 Å². The Labute approximate surface area is 221 Å². The van der Waals surface area contributed by atoms with Gasteiger partial charge in [0.25, 0.3) is 0 Å². The second kappa shape index (κ2) is 11.4. The Kier molecular flexibility index (Phi) is 8.61. The molecule has 0 aromatic heterocycles. The Morgan fingerprint density at radius 2 is 1.51 bits per heavy atom. The molecule has 0 bridgehead atoms. The molecule has 4 rings (SSSR count). The van der Waals surface area contributed by atoms with Crippen LogP contribution >= 0.6 is 0 Å². The summed E-state index contributed by atoms with van der Waals surface area (Å²) >= 11 is 0. The molecule has 4 atom stereocenters. The Bertz CT molecular complexity index is 1110. The number of halogens is 7. The summed E-state index contributed by atoms with van der Waals surface area (Å²) in [5.41, 5.74) is -2.25. The van der Waals surface area contributed by atoms with Crippen LogP contribution < -0.4 is 0 Å². The highest BCUT2D eigenvalue weighted by molar-refractivity contribution is 5.70. The van der Waals surface area contributed by atoms with E-state index in [2.05, 4.69) is 4.90 Å². The molecule has 0 spiro atoms. The highest BCUT2D eigenvalue weighted by Gasteiger charge is 2.41. The third kappa shape index (κ3) is 7.11. The first-order valence-electron chi connectivity index (χ1n) is 12.9. The molecule has 1 aliphatic carbocycles. The maximum atomic E-state index is 13.7. The van der Waals surface area contributed by atoms with E-state index in [4.69, 9.17) is 4.74 Å². The lowest BCUT2D eigenvalue weighted by Crippen LogP contribution is -2.40. The molecular formula is C28H30F7NO3. The van der Waals surface area contributed by atoms with Crippen LogP contribution in [0.15, 0.2) is 42.5 Å². The molecule has 1 saturated carbocycles. The summed E-state index contributed by atoms with van der Waals surface area (Å²) in [7, 11) is 0. The Morgan fingerprint density at radius 3 is 2.03 bits per heavy atom. The summed E-state index contributed by atoms with van der Waals surface area (Å²) in [4.78, 5) is 13.5. The van der Waals surface area contributed by atoms with E-state index in [9.17, 15) is 40.6 Å². The number of nitrogens with zero attached hydrogens (tertiary/aromatic N) is 1. The number of hydrogen-bond acceptors (Lipinski definition) is 3. The fourth-order valence-electron chi connectivity index (χ4n) is 5.82. The first-order valence-corrected chi connectivity index (χ1v) is 12.9. The molecule has 11 heteroatoms. The van der Waals surface area contributed by atoms with Crippen molar-refractivity contribution in [2.24, 2.45) is 11.8 Å². The van der Waals surface area contributed by atoms with Gasteiger partial charge in [-0.1, -0.05) is 12.1 Å². The normalized spacial score (nSPS) is 24.2. The molecule has 214 valence electrons. The highest BCUT2D eigenvalue weighted by atomic mass is 19.4. The van der Waals surface area contributed by atoms with Crippen molar-refractivity contribution in [2.45, 2.75) is 63.1 Å². The van der Waals surface area contributed by atoms with Crippen molar-refractivity contribution in [2.75, 3.05) is 19.6 Å². The van der Waals surface area contributed by atoms with Crippen LogP contribution in [0.2, 0.25) is 0 Å². The number of benzene rings is 2. The van der Waals surface area contributed by atoms with Gasteiger partial charge in [-0.05, 0) is 93.1 Å². The lowest BCUT2D eigenvalue weighted by atomic mass is 9.86. The fourth-order valence-corrected chi connectivity index (χ4v) is 5.82. The number of rotatable bonds is 7. The van der Waals surface area contributed by atoms with Crippen LogP contribution in [0.1, 0.15) is 66.9 Å². The number of carboxylic acids is 1.